The molecule has 0 saturated carbocycles. The summed E-state index contributed by atoms with van der Waals surface area (Å²) in [7, 11) is 0. The Balaban J connectivity index is 1.99. The molecule has 0 aliphatic carbocycles. The molecule has 0 aliphatic rings. The van der Waals surface area contributed by atoms with E-state index in [1.165, 1.54) is 13.0 Å². The Kier molecular flexibility index (Phi) is 5.21. The van der Waals surface area contributed by atoms with Crippen LogP contribution in [0.3, 0.4) is 0 Å². The zero-order valence-electron chi connectivity index (χ0n) is 11.9. The van der Waals surface area contributed by atoms with Gasteiger partial charge in [-0.3, -0.25) is 9.48 Å². The number of aromatic nitrogens is 2. The smallest absolute Gasteiger partial charge is 0.350 e. The summed E-state index contributed by atoms with van der Waals surface area (Å²) < 4.78 is 38.7. The standard InChI is InChI=1S/C14H12Cl2F3N3O/c1-8-4-12(14(17,18)19)21-22(8)7-13(23)20-6-9-2-3-10(15)5-11(9)16/h2-5H,6-7H2,1H3,(H,20,23). The monoisotopic (exact) mass is 365 g/mol. The number of benzene rings is 1. The number of nitrogens with one attached hydrogen (secondary N) is 1. The van der Waals surface area contributed by atoms with Gasteiger partial charge in [0.2, 0.25) is 5.91 Å². The van der Waals surface area contributed by atoms with Gasteiger partial charge in [-0.2, -0.15) is 18.3 Å². The quantitative estimate of drug-likeness (QED) is 0.894. The van der Waals surface area contributed by atoms with Crippen molar-refractivity contribution in [1.82, 2.24) is 15.1 Å². The van der Waals surface area contributed by atoms with Gasteiger partial charge in [-0.1, -0.05) is 29.3 Å². The number of nitrogens with zero attached hydrogens (tertiary/aromatic N) is 2. The van der Waals surface area contributed by atoms with E-state index in [0.29, 0.717) is 15.6 Å². The van der Waals surface area contributed by atoms with Gasteiger partial charge >= 0.3 is 6.18 Å². The Morgan fingerprint density at radius 1 is 1.30 bits per heavy atom. The van der Waals surface area contributed by atoms with E-state index < -0.39 is 17.8 Å². The molecule has 2 aromatic rings. The third-order valence-corrected chi connectivity index (χ3v) is 3.64. The average Bonchev–Trinajstić information content (AvgIpc) is 2.79. The van der Waals surface area contributed by atoms with Crippen LogP contribution in [0.2, 0.25) is 10.0 Å². The molecule has 1 amide bonds. The molecule has 0 saturated heterocycles. The van der Waals surface area contributed by atoms with Crippen molar-refractivity contribution in [2.45, 2.75) is 26.2 Å². The summed E-state index contributed by atoms with van der Waals surface area (Å²) in [5.74, 6) is -0.476. The minimum atomic E-state index is -4.54. The third-order valence-electron chi connectivity index (χ3n) is 3.06. The topological polar surface area (TPSA) is 46.9 Å². The summed E-state index contributed by atoms with van der Waals surface area (Å²) in [6.07, 6.45) is -4.54. The first-order chi connectivity index (χ1) is 10.7. The maximum absolute atomic E-state index is 12.6. The van der Waals surface area contributed by atoms with Crippen molar-refractivity contribution in [2.24, 2.45) is 0 Å². The average molecular weight is 366 g/mol. The normalized spacial score (nSPS) is 11.6. The molecule has 1 aromatic carbocycles. The van der Waals surface area contributed by atoms with Crippen LogP contribution in [0.4, 0.5) is 13.2 Å². The SMILES string of the molecule is Cc1cc(C(F)(F)F)nn1CC(=O)NCc1ccc(Cl)cc1Cl. The van der Waals surface area contributed by atoms with Crippen LogP contribution in [-0.4, -0.2) is 15.7 Å². The highest BCUT2D eigenvalue weighted by molar-refractivity contribution is 6.35. The Morgan fingerprint density at radius 3 is 2.57 bits per heavy atom. The third kappa shape index (κ3) is 4.62. The van der Waals surface area contributed by atoms with Gasteiger partial charge in [0.1, 0.15) is 6.54 Å². The fourth-order valence-electron chi connectivity index (χ4n) is 1.86. The van der Waals surface area contributed by atoms with E-state index in [4.69, 9.17) is 23.2 Å². The van der Waals surface area contributed by atoms with Crippen molar-refractivity contribution in [2.75, 3.05) is 0 Å². The predicted octanol–water partition coefficient (Wildman–Crippen LogP) is 3.83. The van der Waals surface area contributed by atoms with E-state index in [-0.39, 0.29) is 18.8 Å². The summed E-state index contributed by atoms with van der Waals surface area (Å²) in [4.78, 5) is 11.9. The van der Waals surface area contributed by atoms with Crippen molar-refractivity contribution < 1.29 is 18.0 Å². The number of rotatable bonds is 4. The second-order valence-corrected chi connectivity index (χ2v) is 5.68. The lowest BCUT2D eigenvalue weighted by molar-refractivity contribution is -0.141. The molecular formula is C14H12Cl2F3N3O. The Morgan fingerprint density at radius 2 is 2.00 bits per heavy atom. The molecule has 9 heteroatoms. The number of amides is 1. The van der Waals surface area contributed by atoms with E-state index in [1.54, 1.807) is 12.1 Å². The van der Waals surface area contributed by atoms with Gasteiger partial charge in [0.05, 0.1) is 0 Å². The van der Waals surface area contributed by atoms with Crippen molar-refractivity contribution in [3.63, 3.8) is 0 Å². The summed E-state index contributed by atoms with van der Waals surface area (Å²) >= 11 is 11.7. The lowest BCUT2D eigenvalue weighted by Gasteiger charge is -2.08. The Hall–Kier alpha value is -1.73. The van der Waals surface area contributed by atoms with Crippen molar-refractivity contribution in [1.29, 1.82) is 0 Å². The molecule has 0 radical (unpaired) electrons. The van der Waals surface area contributed by atoms with Crippen LogP contribution < -0.4 is 5.32 Å². The highest BCUT2D eigenvalue weighted by Gasteiger charge is 2.34. The molecule has 1 N–H and O–H groups in total. The van der Waals surface area contributed by atoms with Gasteiger partial charge in [-0.15, -0.1) is 0 Å². The molecule has 1 aromatic heterocycles. The maximum Gasteiger partial charge on any atom is 0.435 e. The Bertz CT molecular complexity index is 729. The van der Waals surface area contributed by atoms with Crippen molar-refractivity contribution >= 4 is 29.1 Å². The predicted molar refractivity (Wildman–Crippen MR) is 80.3 cm³/mol. The minimum Gasteiger partial charge on any atom is -0.350 e. The van der Waals surface area contributed by atoms with Gasteiger partial charge in [-0.25, -0.2) is 0 Å². The number of hydrogen-bond donors (Lipinski definition) is 1. The van der Waals surface area contributed by atoms with E-state index in [1.807, 2.05) is 0 Å². The van der Waals surface area contributed by atoms with E-state index >= 15 is 0 Å². The first-order valence-electron chi connectivity index (χ1n) is 6.49. The molecule has 0 aliphatic heterocycles. The van der Waals surface area contributed by atoms with Crippen LogP contribution in [-0.2, 0) is 24.1 Å². The maximum atomic E-state index is 12.6. The van der Waals surface area contributed by atoms with Crippen LogP contribution in [0.25, 0.3) is 0 Å². The minimum absolute atomic E-state index is 0.140. The van der Waals surface area contributed by atoms with Crippen molar-refractivity contribution in [3.8, 4) is 0 Å². The Labute approximate surface area is 140 Å². The molecule has 1 heterocycles. The van der Waals surface area contributed by atoms with Gasteiger partial charge < -0.3 is 5.32 Å². The fourth-order valence-corrected chi connectivity index (χ4v) is 2.33. The number of halogens is 5. The molecule has 0 fully saturated rings. The number of hydrogen-bond acceptors (Lipinski definition) is 2. The first kappa shape index (κ1) is 17.6. The molecule has 0 spiro atoms. The molecule has 4 nitrogen and oxygen atoms in total. The summed E-state index contributed by atoms with van der Waals surface area (Å²) in [6, 6.07) is 5.72. The molecule has 23 heavy (non-hydrogen) atoms. The van der Waals surface area contributed by atoms with E-state index in [0.717, 1.165) is 10.7 Å². The zero-order chi connectivity index (χ0) is 17.2. The second kappa shape index (κ2) is 6.80. The van der Waals surface area contributed by atoms with Crippen LogP contribution >= 0.6 is 23.2 Å². The van der Waals surface area contributed by atoms with Gasteiger partial charge in [-0.05, 0) is 30.7 Å². The van der Waals surface area contributed by atoms with Crippen molar-refractivity contribution in [3.05, 3.63) is 51.3 Å². The molecule has 124 valence electrons. The molecule has 0 atom stereocenters. The summed E-state index contributed by atoms with van der Waals surface area (Å²) in [6.45, 7) is 1.28. The largest absolute Gasteiger partial charge is 0.435 e. The number of carbonyl (C=O) groups is 1. The number of aryl methyl sites for hydroxylation is 1. The fraction of sp³-hybridized carbons (Fsp3) is 0.286. The lowest BCUT2D eigenvalue weighted by Crippen LogP contribution is -2.28. The molecular weight excluding hydrogens is 354 g/mol. The van der Waals surface area contributed by atoms with E-state index in [2.05, 4.69) is 10.4 Å². The van der Waals surface area contributed by atoms with Crippen LogP contribution in [0, 0.1) is 6.92 Å². The zero-order valence-corrected chi connectivity index (χ0v) is 13.4. The first-order valence-corrected chi connectivity index (χ1v) is 7.24. The van der Waals surface area contributed by atoms with Crippen LogP contribution in [0.15, 0.2) is 24.3 Å². The summed E-state index contributed by atoms with van der Waals surface area (Å²) in [5, 5.41) is 6.83. The highest BCUT2D eigenvalue weighted by atomic mass is 35.5. The molecule has 2 rings (SSSR count). The molecule has 0 unspecified atom stereocenters. The lowest BCUT2D eigenvalue weighted by atomic mass is 10.2. The number of carbonyl (C=O) groups excluding carboxylic acids is 1. The second-order valence-electron chi connectivity index (χ2n) is 4.84. The van der Waals surface area contributed by atoms with Crippen LogP contribution in [0.5, 0.6) is 0 Å². The summed E-state index contributed by atoms with van der Waals surface area (Å²) in [5.41, 5.74) is -0.127. The van der Waals surface area contributed by atoms with E-state index in [9.17, 15) is 18.0 Å². The van der Waals surface area contributed by atoms with Gasteiger partial charge in [0.15, 0.2) is 5.69 Å². The van der Waals surface area contributed by atoms with Gasteiger partial charge in [0.25, 0.3) is 0 Å². The number of alkyl halides is 3. The van der Waals surface area contributed by atoms with Gasteiger partial charge in [0, 0.05) is 22.3 Å². The highest BCUT2D eigenvalue weighted by Crippen LogP contribution is 2.28. The molecule has 0 bridgehead atoms. The van der Waals surface area contributed by atoms with Crippen LogP contribution in [0.1, 0.15) is 17.0 Å².